The Hall–Kier alpha value is -4.18. The van der Waals surface area contributed by atoms with Crippen molar-refractivity contribution in [1.82, 2.24) is 34.7 Å². The Labute approximate surface area is 214 Å². The second-order valence-corrected chi connectivity index (χ2v) is 9.83. The number of anilines is 2. The lowest BCUT2D eigenvalue weighted by molar-refractivity contribution is -0.00876. The number of aromatic nitrogens is 6. The highest BCUT2D eigenvalue weighted by atomic mass is 16.5. The molecule has 2 N–H and O–H groups in total. The first-order valence-electron chi connectivity index (χ1n) is 12.8. The lowest BCUT2D eigenvalue weighted by Gasteiger charge is -2.56. The molecule has 2 atom stereocenters. The average molecular weight is 496 g/mol. The molecule has 37 heavy (non-hydrogen) atoms. The maximum absolute atomic E-state index is 5.19. The number of piperidine rings is 1. The average Bonchev–Trinajstić information content (AvgIpc) is 3.53. The van der Waals surface area contributed by atoms with Crippen LogP contribution >= 0.6 is 0 Å². The molecular formula is C27H29N9O. The molecule has 3 aliphatic rings. The molecule has 2 unspecified atom stereocenters. The lowest BCUT2D eigenvalue weighted by atomic mass is 9.87. The maximum Gasteiger partial charge on any atom is 0.212 e. The molecule has 3 saturated heterocycles. The van der Waals surface area contributed by atoms with Gasteiger partial charge in [0.2, 0.25) is 5.88 Å². The standard InChI is InChI=1S/C27H29N9O/c1-3-28-19-8-22(26-23-12-31-32-27(23)33-36(26)14-19)18-5-6-24(29-11-18)34-15-20-9-21(16-34)35(20)13-17-4-7-25(37-2)30-10-17/h4-8,10-12,14,20-21,28H,3,9,13,15-16H2,1-2H3,(H,32,33). The van der Waals surface area contributed by atoms with Crippen LogP contribution in [-0.2, 0) is 6.54 Å². The van der Waals surface area contributed by atoms with Crippen molar-refractivity contribution in [3.63, 3.8) is 0 Å². The number of fused-ring (bicyclic) bond motifs is 5. The molecule has 188 valence electrons. The molecule has 3 aliphatic heterocycles. The summed E-state index contributed by atoms with van der Waals surface area (Å²) in [6.07, 6.45) is 9.01. The summed E-state index contributed by atoms with van der Waals surface area (Å²) in [4.78, 5) is 14.3. The quantitative estimate of drug-likeness (QED) is 0.354. The van der Waals surface area contributed by atoms with Crippen LogP contribution in [0.25, 0.3) is 27.7 Å². The van der Waals surface area contributed by atoms with Crippen molar-refractivity contribution in [2.24, 2.45) is 0 Å². The van der Waals surface area contributed by atoms with Crippen molar-refractivity contribution in [1.29, 1.82) is 0 Å². The summed E-state index contributed by atoms with van der Waals surface area (Å²) in [5, 5.41) is 16.3. The van der Waals surface area contributed by atoms with E-state index in [-0.39, 0.29) is 0 Å². The van der Waals surface area contributed by atoms with Gasteiger partial charge in [-0.15, -0.1) is 5.10 Å². The van der Waals surface area contributed by atoms with Gasteiger partial charge in [0.25, 0.3) is 0 Å². The van der Waals surface area contributed by atoms with Crippen LogP contribution < -0.4 is 15.0 Å². The molecule has 0 radical (unpaired) electrons. The summed E-state index contributed by atoms with van der Waals surface area (Å²) in [6, 6.07) is 11.6. The predicted octanol–water partition coefficient (Wildman–Crippen LogP) is 3.57. The van der Waals surface area contributed by atoms with Crippen molar-refractivity contribution < 1.29 is 4.74 Å². The van der Waals surface area contributed by atoms with Gasteiger partial charge in [-0.05, 0) is 37.1 Å². The van der Waals surface area contributed by atoms with Crippen molar-refractivity contribution >= 4 is 28.1 Å². The maximum atomic E-state index is 5.19. The number of nitrogens with zero attached hydrogens (tertiary/aromatic N) is 7. The van der Waals surface area contributed by atoms with E-state index in [1.54, 1.807) is 7.11 Å². The minimum absolute atomic E-state index is 0.542. The Morgan fingerprint density at radius 3 is 2.70 bits per heavy atom. The summed E-state index contributed by atoms with van der Waals surface area (Å²) in [5.74, 6) is 1.69. The Bertz CT molecular complexity index is 1550. The van der Waals surface area contributed by atoms with Crippen LogP contribution in [0.4, 0.5) is 11.5 Å². The number of nitrogens with one attached hydrogen (secondary N) is 2. The number of pyridine rings is 3. The smallest absolute Gasteiger partial charge is 0.212 e. The minimum Gasteiger partial charge on any atom is -0.481 e. The third kappa shape index (κ3) is 3.75. The van der Waals surface area contributed by atoms with E-state index in [0.29, 0.717) is 18.0 Å². The van der Waals surface area contributed by atoms with Crippen LogP contribution in [0.5, 0.6) is 5.88 Å². The molecule has 0 aromatic carbocycles. The van der Waals surface area contributed by atoms with Crippen molar-refractivity contribution in [3.05, 3.63) is 60.7 Å². The number of H-pyrrole nitrogens is 1. The normalized spacial score (nSPS) is 19.4. The number of ether oxygens (including phenoxy) is 1. The van der Waals surface area contributed by atoms with E-state index in [1.165, 1.54) is 12.0 Å². The molecule has 8 heterocycles. The molecular weight excluding hydrogens is 466 g/mol. The monoisotopic (exact) mass is 495 g/mol. The van der Waals surface area contributed by atoms with Crippen LogP contribution in [0.15, 0.2) is 55.1 Å². The van der Waals surface area contributed by atoms with Gasteiger partial charge < -0.3 is 15.0 Å². The molecule has 10 nitrogen and oxygen atoms in total. The first-order valence-corrected chi connectivity index (χ1v) is 12.8. The molecule has 10 heteroatoms. The number of hydrogen-bond acceptors (Lipinski definition) is 8. The highest BCUT2D eigenvalue weighted by Crippen LogP contribution is 2.37. The van der Waals surface area contributed by atoms with Crippen molar-refractivity contribution in [3.8, 4) is 17.0 Å². The molecule has 5 aromatic heterocycles. The molecule has 5 aromatic rings. The number of rotatable bonds is 7. The van der Waals surface area contributed by atoms with Gasteiger partial charge in [-0.1, -0.05) is 6.07 Å². The third-order valence-corrected chi connectivity index (χ3v) is 7.61. The highest BCUT2D eigenvalue weighted by Gasteiger charge is 2.44. The van der Waals surface area contributed by atoms with Gasteiger partial charge in [-0.2, -0.15) is 5.10 Å². The summed E-state index contributed by atoms with van der Waals surface area (Å²) in [7, 11) is 1.65. The van der Waals surface area contributed by atoms with Crippen molar-refractivity contribution in [2.75, 3.05) is 37.0 Å². The lowest BCUT2D eigenvalue weighted by Crippen LogP contribution is -2.68. The molecule has 0 amide bonds. The first-order chi connectivity index (χ1) is 18.2. The molecule has 0 spiro atoms. The Morgan fingerprint density at radius 1 is 1.08 bits per heavy atom. The van der Waals surface area contributed by atoms with Gasteiger partial charge in [-0.3, -0.25) is 10.00 Å². The van der Waals surface area contributed by atoms with E-state index in [1.807, 2.05) is 35.4 Å². The van der Waals surface area contributed by atoms with E-state index in [0.717, 1.165) is 65.4 Å². The largest absolute Gasteiger partial charge is 0.481 e. The Morgan fingerprint density at radius 2 is 1.97 bits per heavy atom. The Balaban J connectivity index is 1.11. The van der Waals surface area contributed by atoms with E-state index in [4.69, 9.17) is 9.72 Å². The first kappa shape index (κ1) is 22.1. The molecule has 3 fully saturated rings. The van der Waals surface area contributed by atoms with Gasteiger partial charge >= 0.3 is 0 Å². The second kappa shape index (κ2) is 8.74. The highest BCUT2D eigenvalue weighted by molar-refractivity contribution is 6.01. The summed E-state index contributed by atoms with van der Waals surface area (Å²) in [5.41, 5.74) is 6.21. The van der Waals surface area contributed by atoms with Gasteiger partial charge in [0.05, 0.1) is 36.1 Å². The zero-order chi connectivity index (χ0) is 24.9. The van der Waals surface area contributed by atoms with Gasteiger partial charge in [0.15, 0.2) is 5.65 Å². The van der Waals surface area contributed by atoms with Crippen LogP contribution in [0.2, 0.25) is 0 Å². The van der Waals surface area contributed by atoms with Gasteiger partial charge in [0, 0.05) is 67.8 Å². The topological polar surface area (TPSA) is 99.5 Å². The summed E-state index contributed by atoms with van der Waals surface area (Å²) >= 11 is 0. The zero-order valence-electron chi connectivity index (χ0n) is 20.9. The minimum atomic E-state index is 0.542. The van der Waals surface area contributed by atoms with Crippen LogP contribution in [0.1, 0.15) is 18.9 Å². The van der Waals surface area contributed by atoms with Gasteiger partial charge in [-0.25, -0.2) is 14.5 Å². The van der Waals surface area contributed by atoms with Crippen LogP contribution in [0, 0.1) is 0 Å². The van der Waals surface area contributed by atoms with Crippen LogP contribution in [0.3, 0.4) is 0 Å². The second-order valence-electron chi connectivity index (χ2n) is 9.83. The number of methoxy groups -OCH3 is 1. The summed E-state index contributed by atoms with van der Waals surface area (Å²) < 4.78 is 7.11. The molecule has 8 rings (SSSR count). The third-order valence-electron chi connectivity index (χ3n) is 7.61. The number of aromatic amines is 1. The fraction of sp³-hybridized carbons (Fsp3) is 0.333. The van der Waals surface area contributed by atoms with E-state index >= 15 is 0 Å². The molecule has 0 saturated carbocycles. The molecule has 2 bridgehead atoms. The Kier molecular flexibility index (Phi) is 5.21. The van der Waals surface area contributed by atoms with E-state index < -0.39 is 0 Å². The molecule has 0 aliphatic carbocycles. The summed E-state index contributed by atoms with van der Waals surface area (Å²) in [6.45, 7) is 5.84. The predicted molar refractivity (Wildman–Crippen MR) is 143 cm³/mol. The van der Waals surface area contributed by atoms with E-state index in [9.17, 15) is 0 Å². The van der Waals surface area contributed by atoms with E-state index in [2.05, 4.69) is 66.6 Å². The number of piperazine rings is 1. The fourth-order valence-electron chi connectivity index (χ4n) is 5.79. The SMILES string of the molecule is CCNc1cc(-c2ccc(N3CC4CC(C3)N4Cc3ccc(OC)nc3)nc2)c2c3cn[nH]c3nn2c1. The van der Waals surface area contributed by atoms with Crippen LogP contribution in [-0.4, -0.2) is 73.5 Å². The zero-order valence-corrected chi connectivity index (χ0v) is 20.9. The van der Waals surface area contributed by atoms with Crippen molar-refractivity contribution in [2.45, 2.75) is 32.0 Å². The fourth-order valence-corrected chi connectivity index (χ4v) is 5.79. The van der Waals surface area contributed by atoms with Gasteiger partial charge in [0.1, 0.15) is 5.82 Å². The number of hydrogen-bond donors (Lipinski definition) is 2.